The molecule has 0 spiro atoms. The van der Waals surface area contributed by atoms with E-state index in [1.165, 1.54) is 23.1 Å². The lowest BCUT2D eigenvalue weighted by atomic mass is 10.1. The zero-order chi connectivity index (χ0) is 22.1. The molecule has 2 heterocycles. The van der Waals surface area contributed by atoms with E-state index in [-0.39, 0.29) is 28.3 Å². The predicted octanol–water partition coefficient (Wildman–Crippen LogP) is 5.71. The van der Waals surface area contributed by atoms with E-state index in [1.807, 2.05) is 38.1 Å². The third kappa shape index (κ3) is 4.29. The van der Waals surface area contributed by atoms with Gasteiger partial charge in [-0.15, -0.1) is 0 Å². The van der Waals surface area contributed by atoms with Crippen LogP contribution in [0.25, 0.3) is 17.4 Å². The third-order valence-corrected chi connectivity index (χ3v) is 5.84. The number of carbonyl (C=O) groups is 2. The Morgan fingerprint density at radius 3 is 2.52 bits per heavy atom. The minimum Gasteiger partial charge on any atom is -0.457 e. The number of nitro groups is 1. The number of non-ortho nitro benzene ring substituents is 1. The minimum atomic E-state index is -0.461. The Kier molecular flexibility index (Phi) is 5.48. The summed E-state index contributed by atoms with van der Waals surface area (Å²) in [5, 5.41) is 10.7. The SMILES string of the molecule is Cc1ccc(CN2C(=O)S/C(=C\c3ccc(-c4cc([N+](=O)[O-])ccc4C)o3)C2=O)cc1. The molecule has 1 fully saturated rings. The highest BCUT2D eigenvalue weighted by atomic mass is 32.2. The molecule has 0 aliphatic carbocycles. The first-order valence-electron chi connectivity index (χ1n) is 9.48. The third-order valence-electron chi connectivity index (χ3n) is 4.93. The summed E-state index contributed by atoms with van der Waals surface area (Å²) < 4.78 is 5.80. The molecule has 7 nitrogen and oxygen atoms in total. The van der Waals surface area contributed by atoms with Gasteiger partial charge in [-0.05, 0) is 48.9 Å². The van der Waals surface area contributed by atoms with Crippen molar-refractivity contribution in [2.75, 3.05) is 0 Å². The molecule has 0 bridgehead atoms. The Labute approximate surface area is 182 Å². The van der Waals surface area contributed by atoms with Crippen LogP contribution in [0.4, 0.5) is 10.5 Å². The van der Waals surface area contributed by atoms with Gasteiger partial charge in [0.15, 0.2) is 0 Å². The molecule has 2 amide bonds. The number of carbonyl (C=O) groups excluding carboxylic acids is 2. The quantitative estimate of drug-likeness (QED) is 0.290. The molecular formula is C23H18N2O5S. The summed E-state index contributed by atoms with van der Waals surface area (Å²) in [4.78, 5) is 37.2. The summed E-state index contributed by atoms with van der Waals surface area (Å²) in [7, 11) is 0. The Morgan fingerprint density at radius 1 is 1.06 bits per heavy atom. The smallest absolute Gasteiger partial charge is 0.293 e. The van der Waals surface area contributed by atoms with Gasteiger partial charge in [0.25, 0.3) is 16.8 Å². The Bertz CT molecular complexity index is 1230. The van der Waals surface area contributed by atoms with Gasteiger partial charge in [-0.2, -0.15) is 0 Å². The van der Waals surface area contributed by atoms with E-state index in [1.54, 1.807) is 18.2 Å². The van der Waals surface area contributed by atoms with Crippen LogP contribution in [0.15, 0.2) is 63.9 Å². The van der Waals surface area contributed by atoms with Gasteiger partial charge in [0.1, 0.15) is 11.5 Å². The van der Waals surface area contributed by atoms with E-state index >= 15 is 0 Å². The molecule has 1 saturated heterocycles. The van der Waals surface area contributed by atoms with Gasteiger partial charge in [0, 0.05) is 23.8 Å². The van der Waals surface area contributed by atoms with Gasteiger partial charge in [-0.1, -0.05) is 35.9 Å². The first kappa shape index (κ1) is 20.6. The van der Waals surface area contributed by atoms with E-state index in [2.05, 4.69) is 0 Å². The maximum Gasteiger partial charge on any atom is 0.293 e. The fourth-order valence-electron chi connectivity index (χ4n) is 3.21. The Morgan fingerprint density at radius 2 is 1.81 bits per heavy atom. The van der Waals surface area contributed by atoms with Crippen molar-refractivity contribution in [1.29, 1.82) is 0 Å². The molecule has 0 N–H and O–H groups in total. The Hall–Kier alpha value is -3.65. The zero-order valence-electron chi connectivity index (χ0n) is 16.8. The van der Waals surface area contributed by atoms with Crippen LogP contribution in [-0.4, -0.2) is 21.0 Å². The van der Waals surface area contributed by atoms with Crippen LogP contribution >= 0.6 is 11.8 Å². The minimum absolute atomic E-state index is 0.0317. The molecule has 1 aliphatic heterocycles. The molecule has 0 radical (unpaired) electrons. The van der Waals surface area contributed by atoms with Crippen molar-refractivity contribution in [3.05, 3.63) is 92.1 Å². The standard InChI is InChI=1S/C23H18N2O5S/c1-14-3-6-16(7-4-14)13-24-22(26)21(31-23(24)27)12-18-9-10-20(30-18)19-11-17(25(28)29)8-5-15(19)2/h3-12H,13H2,1-2H3/b21-12-. The molecule has 3 aromatic rings. The van der Waals surface area contributed by atoms with Crippen molar-refractivity contribution in [1.82, 2.24) is 4.90 Å². The van der Waals surface area contributed by atoms with Gasteiger partial charge in [0.05, 0.1) is 16.4 Å². The summed E-state index contributed by atoms with van der Waals surface area (Å²) >= 11 is 0.863. The van der Waals surface area contributed by atoms with Crippen molar-refractivity contribution in [2.24, 2.45) is 0 Å². The van der Waals surface area contributed by atoms with E-state index in [4.69, 9.17) is 4.42 Å². The number of thioether (sulfide) groups is 1. The lowest BCUT2D eigenvalue weighted by Crippen LogP contribution is -2.27. The van der Waals surface area contributed by atoms with Gasteiger partial charge >= 0.3 is 0 Å². The maximum absolute atomic E-state index is 12.7. The summed E-state index contributed by atoms with van der Waals surface area (Å²) in [5.74, 6) is 0.466. The van der Waals surface area contributed by atoms with Crippen LogP contribution in [0.1, 0.15) is 22.5 Å². The molecule has 31 heavy (non-hydrogen) atoms. The molecule has 0 saturated carbocycles. The molecule has 0 unspecified atom stereocenters. The van der Waals surface area contributed by atoms with Crippen molar-refractivity contribution < 1.29 is 18.9 Å². The van der Waals surface area contributed by atoms with Gasteiger partial charge < -0.3 is 4.42 Å². The first-order chi connectivity index (χ1) is 14.8. The lowest BCUT2D eigenvalue weighted by Gasteiger charge is -2.12. The number of nitrogens with zero attached hydrogens (tertiary/aromatic N) is 2. The highest BCUT2D eigenvalue weighted by Gasteiger charge is 2.35. The van der Waals surface area contributed by atoms with Crippen LogP contribution in [-0.2, 0) is 11.3 Å². The number of benzene rings is 2. The normalized spacial score (nSPS) is 15.2. The number of hydrogen-bond acceptors (Lipinski definition) is 6. The summed E-state index contributed by atoms with van der Waals surface area (Å²) in [6.45, 7) is 4.01. The topological polar surface area (TPSA) is 93.7 Å². The van der Waals surface area contributed by atoms with Crippen molar-refractivity contribution in [3.8, 4) is 11.3 Å². The predicted molar refractivity (Wildman–Crippen MR) is 118 cm³/mol. The van der Waals surface area contributed by atoms with E-state index in [0.717, 1.165) is 28.5 Å². The number of hydrogen-bond donors (Lipinski definition) is 0. The average molecular weight is 434 g/mol. The molecule has 4 rings (SSSR count). The first-order valence-corrected chi connectivity index (χ1v) is 10.3. The highest BCUT2D eigenvalue weighted by Crippen LogP contribution is 2.35. The molecule has 1 aliphatic rings. The number of aryl methyl sites for hydroxylation is 2. The van der Waals surface area contributed by atoms with Crippen LogP contribution in [0.3, 0.4) is 0 Å². The monoisotopic (exact) mass is 434 g/mol. The molecule has 8 heteroatoms. The number of imide groups is 1. The fourth-order valence-corrected chi connectivity index (χ4v) is 4.02. The summed E-state index contributed by atoms with van der Waals surface area (Å²) in [5.41, 5.74) is 3.36. The van der Waals surface area contributed by atoms with Crippen LogP contribution in [0.5, 0.6) is 0 Å². The average Bonchev–Trinajstić information content (AvgIpc) is 3.30. The highest BCUT2D eigenvalue weighted by molar-refractivity contribution is 8.18. The molecular weight excluding hydrogens is 416 g/mol. The second-order valence-electron chi connectivity index (χ2n) is 7.21. The van der Waals surface area contributed by atoms with Crippen LogP contribution in [0, 0.1) is 24.0 Å². The van der Waals surface area contributed by atoms with Crippen molar-refractivity contribution >= 4 is 34.7 Å². The van der Waals surface area contributed by atoms with Crippen molar-refractivity contribution in [3.63, 3.8) is 0 Å². The molecule has 2 aromatic carbocycles. The van der Waals surface area contributed by atoms with Crippen LogP contribution in [0.2, 0.25) is 0 Å². The largest absolute Gasteiger partial charge is 0.457 e. The van der Waals surface area contributed by atoms with Gasteiger partial charge in [-0.25, -0.2) is 0 Å². The summed E-state index contributed by atoms with van der Waals surface area (Å²) in [6, 6.07) is 15.6. The van der Waals surface area contributed by atoms with E-state index in [9.17, 15) is 19.7 Å². The molecule has 156 valence electrons. The number of rotatable bonds is 5. The number of furan rings is 1. The fraction of sp³-hybridized carbons (Fsp3) is 0.130. The zero-order valence-corrected chi connectivity index (χ0v) is 17.6. The van der Waals surface area contributed by atoms with E-state index < -0.39 is 4.92 Å². The second-order valence-corrected chi connectivity index (χ2v) is 8.20. The van der Waals surface area contributed by atoms with Crippen molar-refractivity contribution in [2.45, 2.75) is 20.4 Å². The maximum atomic E-state index is 12.7. The Balaban J connectivity index is 1.56. The second kappa shape index (κ2) is 8.23. The van der Waals surface area contributed by atoms with Gasteiger partial charge in [-0.3, -0.25) is 24.6 Å². The number of nitro benzene ring substituents is 1. The van der Waals surface area contributed by atoms with E-state index in [0.29, 0.717) is 17.1 Å². The van der Waals surface area contributed by atoms with Crippen LogP contribution < -0.4 is 0 Å². The summed E-state index contributed by atoms with van der Waals surface area (Å²) in [6.07, 6.45) is 1.52. The van der Waals surface area contributed by atoms with Gasteiger partial charge in [0.2, 0.25) is 0 Å². The molecule has 1 aromatic heterocycles. The molecule has 0 atom stereocenters. The number of amides is 2. The lowest BCUT2D eigenvalue weighted by molar-refractivity contribution is -0.384.